The smallest absolute Gasteiger partial charge is 0.0886 e. The van der Waals surface area contributed by atoms with E-state index in [4.69, 9.17) is 0 Å². The molecule has 0 aliphatic rings. The first kappa shape index (κ1) is 33.6. The Kier molecular flexibility index (Phi) is 11.7. The van der Waals surface area contributed by atoms with Crippen LogP contribution in [0, 0.1) is 6.07 Å². The molecule has 0 fully saturated rings. The maximum Gasteiger partial charge on any atom is 0.0886 e. The zero-order valence-corrected chi connectivity index (χ0v) is 28.7. The predicted molar refractivity (Wildman–Crippen MR) is 196 cm³/mol. The average Bonchev–Trinajstić information content (AvgIpc) is 3.17. The monoisotopic (exact) mass is 798 g/mol. The van der Waals surface area contributed by atoms with Crippen molar-refractivity contribution in [3.63, 3.8) is 0 Å². The molecule has 4 nitrogen and oxygen atoms in total. The van der Waals surface area contributed by atoms with Crippen molar-refractivity contribution < 1.29 is 20.1 Å². The molecule has 7 aromatic rings. The van der Waals surface area contributed by atoms with E-state index in [1.807, 2.05) is 79.0 Å². The standard InChI is InChI=1S/C33H25N2.C10H8N2.Ir/c1-3-25-11-17-30(18-12-25)35(31-19-13-26(4-2)14-20-31)32-21-15-27(16-22-32)28-8-7-9-29(24-28)33-10-5-6-23-34-33;1-3-7-11-9(5-1)10-6-2-4-8-12-10;/h3-8,10-24H,1-2H2;1-8H;/q-1;;. The van der Waals surface area contributed by atoms with Gasteiger partial charge in [0.2, 0.25) is 0 Å². The van der Waals surface area contributed by atoms with Gasteiger partial charge in [0, 0.05) is 55.8 Å². The molecule has 3 heterocycles. The minimum Gasteiger partial charge on any atom is -0.311 e. The molecule has 0 amide bonds. The van der Waals surface area contributed by atoms with E-state index in [1.165, 1.54) is 0 Å². The van der Waals surface area contributed by atoms with Gasteiger partial charge in [-0.25, -0.2) is 0 Å². The van der Waals surface area contributed by atoms with Gasteiger partial charge in [0.1, 0.15) is 0 Å². The van der Waals surface area contributed by atoms with Crippen LogP contribution in [0.1, 0.15) is 11.1 Å². The van der Waals surface area contributed by atoms with E-state index < -0.39 is 0 Å². The van der Waals surface area contributed by atoms with Crippen molar-refractivity contribution in [3.8, 4) is 33.8 Å². The number of aromatic nitrogens is 3. The number of rotatable bonds is 8. The second-order valence-corrected chi connectivity index (χ2v) is 10.6. The second kappa shape index (κ2) is 16.7. The van der Waals surface area contributed by atoms with Gasteiger partial charge >= 0.3 is 0 Å². The number of anilines is 3. The van der Waals surface area contributed by atoms with Crippen molar-refractivity contribution in [1.29, 1.82) is 0 Å². The van der Waals surface area contributed by atoms with Gasteiger partial charge in [0.25, 0.3) is 0 Å². The van der Waals surface area contributed by atoms with Gasteiger partial charge in [0.15, 0.2) is 0 Å². The van der Waals surface area contributed by atoms with Crippen LogP contribution >= 0.6 is 0 Å². The maximum atomic E-state index is 4.46. The van der Waals surface area contributed by atoms with Crippen molar-refractivity contribution in [2.24, 2.45) is 0 Å². The largest absolute Gasteiger partial charge is 0.311 e. The third-order valence-electron chi connectivity index (χ3n) is 7.57. The predicted octanol–water partition coefficient (Wildman–Crippen LogP) is 11.1. The van der Waals surface area contributed by atoms with Gasteiger partial charge in [-0.3, -0.25) is 9.97 Å². The summed E-state index contributed by atoms with van der Waals surface area (Å²) in [6.07, 6.45) is 9.06. The Morgan fingerprint density at radius 1 is 0.479 bits per heavy atom. The summed E-state index contributed by atoms with van der Waals surface area (Å²) in [5.74, 6) is 0. The van der Waals surface area contributed by atoms with Gasteiger partial charge in [0.05, 0.1) is 11.4 Å². The van der Waals surface area contributed by atoms with Crippen LogP contribution in [-0.2, 0) is 20.1 Å². The molecule has 0 saturated heterocycles. The fourth-order valence-corrected chi connectivity index (χ4v) is 5.11. The maximum absolute atomic E-state index is 4.46. The van der Waals surface area contributed by atoms with E-state index in [0.29, 0.717) is 0 Å². The van der Waals surface area contributed by atoms with E-state index >= 15 is 0 Å². The Balaban J connectivity index is 0.000000291. The quantitative estimate of drug-likeness (QED) is 0.144. The van der Waals surface area contributed by atoms with E-state index in [-0.39, 0.29) is 20.1 Å². The summed E-state index contributed by atoms with van der Waals surface area (Å²) in [5, 5.41) is 0. The van der Waals surface area contributed by atoms with Gasteiger partial charge in [-0.15, -0.1) is 35.4 Å². The first-order valence-electron chi connectivity index (χ1n) is 15.3. The minimum absolute atomic E-state index is 0. The summed E-state index contributed by atoms with van der Waals surface area (Å²) in [4.78, 5) is 15.1. The number of pyridine rings is 3. The van der Waals surface area contributed by atoms with E-state index in [1.54, 1.807) is 12.4 Å². The zero-order valence-electron chi connectivity index (χ0n) is 26.3. The van der Waals surface area contributed by atoms with Crippen LogP contribution in [0.5, 0.6) is 0 Å². The van der Waals surface area contributed by atoms with E-state index in [0.717, 1.165) is 62.0 Å². The fraction of sp³-hybridized carbons (Fsp3) is 0. The molecule has 7 rings (SSSR count). The number of hydrogen-bond acceptors (Lipinski definition) is 4. The topological polar surface area (TPSA) is 41.9 Å². The van der Waals surface area contributed by atoms with Crippen LogP contribution in [-0.4, -0.2) is 15.0 Å². The van der Waals surface area contributed by atoms with Gasteiger partial charge in [-0.05, 0) is 89.1 Å². The van der Waals surface area contributed by atoms with Crippen LogP contribution < -0.4 is 4.90 Å². The Bertz CT molecular complexity index is 1940. The number of hydrogen-bond donors (Lipinski definition) is 0. The first-order valence-corrected chi connectivity index (χ1v) is 15.3. The van der Waals surface area contributed by atoms with Crippen LogP contribution in [0.15, 0.2) is 177 Å². The molecule has 48 heavy (non-hydrogen) atoms. The average molecular weight is 798 g/mol. The zero-order chi connectivity index (χ0) is 32.3. The third kappa shape index (κ3) is 8.34. The second-order valence-electron chi connectivity index (χ2n) is 10.6. The molecule has 4 aromatic carbocycles. The van der Waals surface area contributed by atoms with Gasteiger partial charge in [-0.1, -0.05) is 86.0 Å². The first-order chi connectivity index (χ1) is 23.2. The summed E-state index contributed by atoms with van der Waals surface area (Å²) < 4.78 is 0. The Hall–Kier alpha value is -5.74. The number of benzene rings is 4. The van der Waals surface area contributed by atoms with Crippen molar-refractivity contribution in [2.75, 3.05) is 4.90 Å². The summed E-state index contributed by atoms with van der Waals surface area (Å²) in [6.45, 7) is 7.75. The van der Waals surface area contributed by atoms with Crippen LogP contribution in [0.3, 0.4) is 0 Å². The molecule has 3 aromatic heterocycles. The van der Waals surface area contributed by atoms with E-state index in [2.05, 4.69) is 124 Å². The molecule has 0 saturated carbocycles. The SMILES string of the molecule is C=Cc1ccc(N(c2ccc(C=C)cc2)c2ccc(-c3cc[c-]c(-c4ccccn4)c3)cc2)cc1.[Ir].c1ccc(-c2ccccn2)nc1. The van der Waals surface area contributed by atoms with Crippen molar-refractivity contribution in [2.45, 2.75) is 0 Å². The molecule has 0 aliphatic carbocycles. The molecule has 0 bridgehead atoms. The minimum atomic E-state index is 0. The molecule has 0 spiro atoms. The molecule has 0 aliphatic heterocycles. The molecule has 1 radical (unpaired) electrons. The van der Waals surface area contributed by atoms with Crippen LogP contribution in [0.4, 0.5) is 17.1 Å². The third-order valence-corrected chi connectivity index (χ3v) is 7.57. The molecule has 0 N–H and O–H groups in total. The molecule has 235 valence electrons. The molecular weight excluding hydrogens is 765 g/mol. The summed E-state index contributed by atoms with van der Waals surface area (Å²) in [7, 11) is 0. The molecule has 0 unspecified atom stereocenters. The fourth-order valence-electron chi connectivity index (χ4n) is 5.11. The molecule has 5 heteroatoms. The van der Waals surface area contributed by atoms with E-state index in [9.17, 15) is 0 Å². The van der Waals surface area contributed by atoms with Gasteiger partial charge in [-0.2, -0.15) is 0 Å². The normalized spacial score (nSPS) is 10.1. The van der Waals surface area contributed by atoms with Crippen molar-refractivity contribution >= 4 is 29.2 Å². The van der Waals surface area contributed by atoms with Crippen LogP contribution in [0.2, 0.25) is 0 Å². The number of nitrogens with zero attached hydrogens (tertiary/aromatic N) is 4. The van der Waals surface area contributed by atoms with Crippen LogP contribution in [0.25, 0.3) is 45.9 Å². The molecule has 0 atom stereocenters. The molecular formula is C43H33IrN4-. The summed E-state index contributed by atoms with van der Waals surface area (Å²) >= 11 is 0. The Morgan fingerprint density at radius 3 is 1.33 bits per heavy atom. The summed E-state index contributed by atoms with van der Waals surface area (Å²) in [6, 6.07) is 52.5. The van der Waals surface area contributed by atoms with Gasteiger partial charge < -0.3 is 9.88 Å². The Morgan fingerprint density at radius 2 is 0.917 bits per heavy atom. The summed E-state index contributed by atoms with van der Waals surface area (Å²) in [5.41, 5.74) is 11.4. The van der Waals surface area contributed by atoms with Crippen molar-refractivity contribution in [3.05, 3.63) is 195 Å². The van der Waals surface area contributed by atoms with Crippen molar-refractivity contribution in [1.82, 2.24) is 15.0 Å². The Labute approximate surface area is 296 Å².